The Bertz CT molecular complexity index is 247. The minimum atomic E-state index is 0.515. The molecule has 1 aliphatic heterocycles. The predicted octanol–water partition coefficient (Wildman–Crippen LogP) is 2.41. The Kier molecular flexibility index (Phi) is 2.38. The molecule has 2 atom stereocenters. The first kappa shape index (κ1) is 8.14. The highest BCUT2D eigenvalue weighted by molar-refractivity contribution is 7.99. The van der Waals surface area contributed by atoms with E-state index in [1.807, 2.05) is 11.8 Å². The average Bonchev–Trinajstić information content (AvgIpc) is 2.54. The van der Waals surface area contributed by atoms with Gasteiger partial charge in [0.1, 0.15) is 0 Å². The smallest absolute Gasteiger partial charge is 0.0792 e. The lowest BCUT2D eigenvalue weighted by molar-refractivity contribution is 0.618. The molecule has 1 fully saturated rings. The second-order valence-corrected chi connectivity index (χ2v) is 4.33. The molecule has 0 bridgehead atoms. The Labute approximate surface area is 77.6 Å². The van der Waals surface area contributed by atoms with Gasteiger partial charge in [0.2, 0.25) is 0 Å². The second-order valence-electron chi connectivity index (χ2n) is 3.19. The summed E-state index contributed by atoms with van der Waals surface area (Å²) in [6.07, 6.45) is 0. The lowest BCUT2D eigenvalue weighted by Gasteiger charge is -2.10. The van der Waals surface area contributed by atoms with Crippen LogP contribution in [0.1, 0.15) is 17.9 Å². The highest BCUT2D eigenvalue weighted by Gasteiger charge is 2.21. The van der Waals surface area contributed by atoms with E-state index in [4.69, 9.17) is 0 Å². The lowest BCUT2D eigenvalue weighted by atomic mass is 10.2. The van der Waals surface area contributed by atoms with Crippen LogP contribution in [-0.2, 0) is 0 Å². The molecule has 1 N–H and O–H groups in total. The van der Waals surface area contributed by atoms with Crippen LogP contribution in [0.4, 0.5) is 0 Å². The van der Waals surface area contributed by atoms with Crippen LogP contribution in [0.2, 0.25) is 0 Å². The summed E-state index contributed by atoms with van der Waals surface area (Å²) in [5.74, 6) is 1.22. The van der Waals surface area contributed by atoms with Crippen LogP contribution in [0.25, 0.3) is 0 Å². The van der Waals surface area contributed by atoms with E-state index in [9.17, 15) is 0 Å². The maximum absolute atomic E-state index is 3.53. The average molecular weight is 179 g/mol. The van der Waals surface area contributed by atoms with Crippen molar-refractivity contribution < 1.29 is 0 Å². The Morgan fingerprint density at radius 1 is 1.33 bits per heavy atom. The number of benzene rings is 1. The molecule has 1 nitrogen and oxygen atoms in total. The fourth-order valence-electron chi connectivity index (χ4n) is 1.42. The third-order valence-electron chi connectivity index (χ3n) is 2.05. The molecule has 2 heteroatoms. The summed E-state index contributed by atoms with van der Waals surface area (Å²) < 4.78 is 0. The van der Waals surface area contributed by atoms with Gasteiger partial charge in [-0.3, -0.25) is 5.32 Å². The third-order valence-corrected chi connectivity index (χ3v) is 3.49. The Morgan fingerprint density at radius 2 is 2.08 bits per heavy atom. The molecular formula is C10H13NS. The first-order valence-electron chi connectivity index (χ1n) is 4.29. The number of thioether (sulfide) groups is 1. The molecule has 1 aromatic rings. The first-order chi connectivity index (χ1) is 5.86. The summed E-state index contributed by atoms with van der Waals surface area (Å²) in [7, 11) is 0. The van der Waals surface area contributed by atoms with E-state index in [1.54, 1.807) is 0 Å². The van der Waals surface area contributed by atoms with Crippen molar-refractivity contribution in [3.8, 4) is 0 Å². The van der Waals surface area contributed by atoms with Crippen LogP contribution in [0.5, 0.6) is 0 Å². The van der Waals surface area contributed by atoms with E-state index in [2.05, 4.69) is 42.6 Å². The van der Waals surface area contributed by atoms with E-state index in [1.165, 1.54) is 11.3 Å². The number of rotatable bonds is 1. The van der Waals surface area contributed by atoms with Crippen molar-refractivity contribution in [1.29, 1.82) is 0 Å². The summed E-state index contributed by atoms with van der Waals surface area (Å²) in [5, 5.41) is 4.05. The van der Waals surface area contributed by atoms with E-state index < -0.39 is 0 Å². The Hall–Kier alpha value is -0.470. The van der Waals surface area contributed by atoms with Crippen LogP contribution in [0, 0.1) is 0 Å². The van der Waals surface area contributed by atoms with Crippen molar-refractivity contribution in [2.45, 2.75) is 18.3 Å². The maximum atomic E-state index is 3.53. The molecule has 0 amide bonds. The zero-order chi connectivity index (χ0) is 8.39. The Morgan fingerprint density at radius 3 is 2.67 bits per heavy atom. The SMILES string of the molecule is CC1CSC(c2ccccc2)N1. The Balaban J connectivity index is 2.11. The zero-order valence-corrected chi connectivity index (χ0v) is 7.97. The monoisotopic (exact) mass is 179 g/mol. The molecule has 0 aromatic heterocycles. The predicted molar refractivity (Wildman–Crippen MR) is 54.2 cm³/mol. The topological polar surface area (TPSA) is 12.0 Å². The van der Waals surface area contributed by atoms with Crippen molar-refractivity contribution in [3.63, 3.8) is 0 Å². The largest absolute Gasteiger partial charge is 0.298 e. The first-order valence-corrected chi connectivity index (χ1v) is 5.34. The van der Waals surface area contributed by atoms with E-state index in [-0.39, 0.29) is 0 Å². The molecule has 12 heavy (non-hydrogen) atoms. The molecule has 2 unspecified atom stereocenters. The highest BCUT2D eigenvalue weighted by atomic mass is 32.2. The molecule has 0 saturated carbocycles. The molecule has 0 radical (unpaired) electrons. The fraction of sp³-hybridized carbons (Fsp3) is 0.400. The summed E-state index contributed by atoms with van der Waals surface area (Å²) in [6.45, 7) is 2.23. The number of hydrogen-bond donors (Lipinski definition) is 1. The van der Waals surface area contributed by atoms with Gasteiger partial charge in [-0.05, 0) is 12.5 Å². The second kappa shape index (κ2) is 3.50. The summed E-state index contributed by atoms with van der Waals surface area (Å²) in [5.41, 5.74) is 1.40. The van der Waals surface area contributed by atoms with Crippen molar-refractivity contribution in [2.24, 2.45) is 0 Å². The van der Waals surface area contributed by atoms with Gasteiger partial charge >= 0.3 is 0 Å². The third kappa shape index (κ3) is 1.65. The fourth-order valence-corrected chi connectivity index (χ4v) is 2.67. The van der Waals surface area contributed by atoms with Crippen molar-refractivity contribution >= 4 is 11.8 Å². The van der Waals surface area contributed by atoms with Gasteiger partial charge in [0, 0.05) is 11.8 Å². The van der Waals surface area contributed by atoms with Crippen LogP contribution in [0.15, 0.2) is 30.3 Å². The molecule has 64 valence electrons. The van der Waals surface area contributed by atoms with Gasteiger partial charge in [-0.15, -0.1) is 11.8 Å². The van der Waals surface area contributed by atoms with Gasteiger partial charge in [-0.2, -0.15) is 0 Å². The summed E-state index contributed by atoms with van der Waals surface area (Å²) in [4.78, 5) is 0. The normalized spacial score (nSPS) is 29.1. The van der Waals surface area contributed by atoms with E-state index in [0.29, 0.717) is 11.4 Å². The van der Waals surface area contributed by atoms with Crippen molar-refractivity contribution in [2.75, 3.05) is 5.75 Å². The minimum absolute atomic E-state index is 0.515. The van der Waals surface area contributed by atoms with E-state index in [0.717, 1.165) is 0 Å². The molecule has 2 rings (SSSR count). The molecule has 1 saturated heterocycles. The van der Waals surface area contributed by atoms with Crippen LogP contribution < -0.4 is 5.32 Å². The van der Waals surface area contributed by atoms with Crippen molar-refractivity contribution in [3.05, 3.63) is 35.9 Å². The molecule has 1 heterocycles. The molecule has 1 aliphatic rings. The zero-order valence-electron chi connectivity index (χ0n) is 7.16. The maximum Gasteiger partial charge on any atom is 0.0792 e. The van der Waals surface area contributed by atoms with Gasteiger partial charge in [-0.25, -0.2) is 0 Å². The number of hydrogen-bond acceptors (Lipinski definition) is 2. The van der Waals surface area contributed by atoms with Crippen LogP contribution >= 0.6 is 11.8 Å². The molecule has 0 spiro atoms. The van der Waals surface area contributed by atoms with Gasteiger partial charge in [0.25, 0.3) is 0 Å². The van der Waals surface area contributed by atoms with Crippen LogP contribution in [0.3, 0.4) is 0 Å². The number of nitrogens with one attached hydrogen (secondary N) is 1. The van der Waals surface area contributed by atoms with Crippen LogP contribution in [-0.4, -0.2) is 11.8 Å². The van der Waals surface area contributed by atoms with Gasteiger partial charge in [0.05, 0.1) is 5.37 Å². The van der Waals surface area contributed by atoms with Crippen molar-refractivity contribution in [1.82, 2.24) is 5.32 Å². The standard InChI is InChI=1S/C10H13NS/c1-8-7-12-10(11-8)9-5-3-2-4-6-9/h2-6,8,10-11H,7H2,1H3. The van der Waals surface area contributed by atoms with E-state index >= 15 is 0 Å². The lowest BCUT2D eigenvalue weighted by Crippen LogP contribution is -2.21. The molecule has 0 aliphatic carbocycles. The summed E-state index contributed by atoms with van der Waals surface area (Å²) >= 11 is 1.99. The minimum Gasteiger partial charge on any atom is -0.298 e. The molecule has 1 aromatic carbocycles. The quantitative estimate of drug-likeness (QED) is 0.710. The highest BCUT2D eigenvalue weighted by Crippen LogP contribution is 2.31. The van der Waals surface area contributed by atoms with Gasteiger partial charge < -0.3 is 0 Å². The molecular weight excluding hydrogens is 166 g/mol. The van der Waals surface area contributed by atoms with Gasteiger partial charge in [0.15, 0.2) is 0 Å². The summed E-state index contributed by atoms with van der Waals surface area (Å²) in [6, 6.07) is 11.3. The van der Waals surface area contributed by atoms with Gasteiger partial charge in [-0.1, -0.05) is 30.3 Å².